The van der Waals surface area contributed by atoms with Gasteiger partial charge in [0.1, 0.15) is 5.82 Å². The summed E-state index contributed by atoms with van der Waals surface area (Å²) in [6.45, 7) is 7.14. The minimum Gasteiger partial charge on any atom is -0.356 e. The van der Waals surface area contributed by atoms with Crippen molar-refractivity contribution in [1.82, 2.24) is 4.98 Å². The van der Waals surface area contributed by atoms with Gasteiger partial charge in [0.25, 0.3) is 0 Å². The Bertz CT molecular complexity index is 350. The van der Waals surface area contributed by atoms with Gasteiger partial charge in [-0.25, -0.2) is 4.98 Å². The van der Waals surface area contributed by atoms with E-state index in [1.54, 1.807) is 0 Å². The molecule has 2 N–H and O–H groups in total. The summed E-state index contributed by atoms with van der Waals surface area (Å²) in [4.78, 5) is 6.87. The van der Waals surface area contributed by atoms with E-state index in [1.165, 1.54) is 6.42 Å². The quantitative estimate of drug-likeness (QED) is 0.796. The second-order valence-electron chi connectivity index (χ2n) is 4.82. The molecule has 0 aliphatic carbocycles. The van der Waals surface area contributed by atoms with Gasteiger partial charge in [0.2, 0.25) is 0 Å². The highest BCUT2D eigenvalue weighted by atomic mass is 15.2. The van der Waals surface area contributed by atoms with E-state index in [9.17, 15) is 0 Å². The molecule has 3 heteroatoms. The van der Waals surface area contributed by atoms with Gasteiger partial charge in [-0.3, -0.25) is 0 Å². The molecule has 1 aromatic rings. The van der Waals surface area contributed by atoms with Gasteiger partial charge < -0.3 is 10.6 Å². The summed E-state index contributed by atoms with van der Waals surface area (Å²) in [5.41, 5.74) is 7.14. The molecule has 0 bridgehead atoms. The number of aromatic nitrogens is 1. The Labute approximate surface area is 91.3 Å². The number of pyridine rings is 1. The van der Waals surface area contributed by atoms with E-state index in [0.717, 1.165) is 31.1 Å². The standard InChI is InChI=1S/C12H19N3/c1-10-4-3-5-11(14-10)15-7-6-12(2,8-13)9-15/h3-5H,6-9,13H2,1-2H3. The molecule has 3 nitrogen and oxygen atoms in total. The SMILES string of the molecule is Cc1cccc(N2CCC(C)(CN)C2)n1. The molecule has 1 unspecified atom stereocenters. The van der Waals surface area contributed by atoms with Crippen LogP contribution in [0, 0.1) is 12.3 Å². The van der Waals surface area contributed by atoms with E-state index < -0.39 is 0 Å². The second-order valence-corrected chi connectivity index (χ2v) is 4.82. The second kappa shape index (κ2) is 3.81. The first-order valence-corrected chi connectivity index (χ1v) is 5.52. The lowest BCUT2D eigenvalue weighted by Crippen LogP contribution is -2.31. The zero-order valence-electron chi connectivity index (χ0n) is 9.53. The molecule has 15 heavy (non-hydrogen) atoms. The van der Waals surface area contributed by atoms with Gasteiger partial charge in [-0.15, -0.1) is 0 Å². The van der Waals surface area contributed by atoms with Crippen LogP contribution >= 0.6 is 0 Å². The Balaban J connectivity index is 2.14. The number of nitrogens with two attached hydrogens (primary N) is 1. The summed E-state index contributed by atoms with van der Waals surface area (Å²) in [7, 11) is 0. The van der Waals surface area contributed by atoms with Crippen LogP contribution in [0.4, 0.5) is 5.82 Å². The predicted molar refractivity (Wildman–Crippen MR) is 63.0 cm³/mol. The van der Waals surface area contributed by atoms with Crippen LogP contribution < -0.4 is 10.6 Å². The fourth-order valence-electron chi connectivity index (χ4n) is 2.09. The molecule has 0 radical (unpaired) electrons. The van der Waals surface area contributed by atoms with Gasteiger partial charge >= 0.3 is 0 Å². The average molecular weight is 205 g/mol. The molecule has 1 aliphatic rings. The first-order valence-electron chi connectivity index (χ1n) is 5.52. The third-order valence-electron chi connectivity index (χ3n) is 3.25. The lowest BCUT2D eigenvalue weighted by molar-refractivity contribution is 0.383. The maximum Gasteiger partial charge on any atom is 0.128 e. The van der Waals surface area contributed by atoms with Gasteiger partial charge in [-0.1, -0.05) is 13.0 Å². The summed E-state index contributed by atoms with van der Waals surface area (Å²) in [6.07, 6.45) is 1.17. The monoisotopic (exact) mass is 205 g/mol. The lowest BCUT2D eigenvalue weighted by Gasteiger charge is -2.23. The molecule has 0 amide bonds. The van der Waals surface area contributed by atoms with Crippen LogP contribution in [0.2, 0.25) is 0 Å². The molecule has 0 spiro atoms. The number of hydrogen-bond acceptors (Lipinski definition) is 3. The maximum atomic E-state index is 5.79. The highest BCUT2D eigenvalue weighted by molar-refractivity contribution is 5.41. The lowest BCUT2D eigenvalue weighted by atomic mass is 9.90. The third kappa shape index (κ3) is 2.12. The molecular weight excluding hydrogens is 186 g/mol. The van der Waals surface area contributed by atoms with Crippen molar-refractivity contribution in [2.45, 2.75) is 20.3 Å². The van der Waals surface area contributed by atoms with Crippen LogP contribution in [0.3, 0.4) is 0 Å². The molecule has 1 fully saturated rings. The molecule has 1 aliphatic heterocycles. The van der Waals surface area contributed by atoms with Gasteiger partial charge in [0, 0.05) is 18.8 Å². The van der Waals surface area contributed by atoms with Crippen molar-refractivity contribution < 1.29 is 0 Å². The number of anilines is 1. The Hall–Kier alpha value is -1.09. The normalized spacial score (nSPS) is 25.9. The molecule has 2 rings (SSSR count). The molecule has 0 aromatic carbocycles. The average Bonchev–Trinajstić information content (AvgIpc) is 2.62. The largest absolute Gasteiger partial charge is 0.356 e. The minimum absolute atomic E-state index is 0.269. The van der Waals surface area contributed by atoms with Crippen molar-refractivity contribution in [3.63, 3.8) is 0 Å². The maximum absolute atomic E-state index is 5.79. The molecule has 0 saturated carbocycles. The zero-order valence-corrected chi connectivity index (χ0v) is 9.53. The summed E-state index contributed by atoms with van der Waals surface area (Å²) in [5.74, 6) is 1.09. The van der Waals surface area contributed by atoms with Crippen LogP contribution in [0.5, 0.6) is 0 Å². The number of hydrogen-bond donors (Lipinski definition) is 1. The number of aryl methyl sites for hydroxylation is 1. The van der Waals surface area contributed by atoms with Crippen LogP contribution in [0.15, 0.2) is 18.2 Å². The summed E-state index contributed by atoms with van der Waals surface area (Å²) >= 11 is 0. The summed E-state index contributed by atoms with van der Waals surface area (Å²) in [6, 6.07) is 6.17. The third-order valence-corrected chi connectivity index (χ3v) is 3.25. The van der Waals surface area contributed by atoms with Crippen LogP contribution in [0.1, 0.15) is 19.0 Å². The van der Waals surface area contributed by atoms with Crippen molar-refractivity contribution in [2.24, 2.45) is 11.1 Å². The molecule has 1 saturated heterocycles. The van der Waals surface area contributed by atoms with E-state index >= 15 is 0 Å². The zero-order chi connectivity index (χ0) is 10.9. The predicted octanol–water partition coefficient (Wildman–Crippen LogP) is 1.57. The Morgan fingerprint density at radius 3 is 2.93 bits per heavy atom. The van der Waals surface area contributed by atoms with E-state index in [0.29, 0.717) is 0 Å². The Kier molecular flexibility index (Phi) is 2.65. The highest BCUT2D eigenvalue weighted by Crippen LogP contribution is 2.31. The summed E-state index contributed by atoms with van der Waals surface area (Å²) in [5, 5.41) is 0. The fourth-order valence-corrected chi connectivity index (χ4v) is 2.09. The van der Waals surface area contributed by atoms with E-state index in [4.69, 9.17) is 5.73 Å². The van der Waals surface area contributed by atoms with E-state index in [1.807, 2.05) is 13.0 Å². The Morgan fingerprint density at radius 2 is 2.33 bits per heavy atom. The van der Waals surface area contributed by atoms with Crippen LogP contribution in [0.25, 0.3) is 0 Å². The van der Waals surface area contributed by atoms with Crippen molar-refractivity contribution in [1.29, 1.82) is 0 Å². The van der Waals surface area contributed by atoms with Crippen LogP contribution in [-0.2, 0) is 0 Å². The smallest absolute Gasteiger partial charge is 0.128 e. The summed E-state index contributed by atoms with van der Waals surface area (Å²) < 4.78 is 0. The van der Waals surface area contributed by atoms with E-state index in [2.05, 4.69) is 28.9 Å². The van der Waals surface area contributed by atoms with Crippen LogP contribution in [-0.4, -0.2) is 24.6 Å². The fraction of sp³-hybridized carbons (Fsp3) is 0.583. The molecular formula is C12H19N3. The molecule has 1 aromatic heterocycles. The highest BCUT2D eigenvalue weighted by Gasteiger charge is 2.32. The molecule has 82 valence electrons. The van der Waals surface area contributed by atoms with Crippen molar-refractivity contribution in [2.75, 3.05) is 24.5 Å². The van der Waals surface area contributed by atoms with Gasteiger partial charge in [-0.2, -0.15) is 0 Å². The first-order chi connectivity index (χ1) is 7.13. The number of rotatable bonds is 2. The molecule has 2 heterocycles. The number of nitrogens with zero attached hydrogens (tertiary/aromatic N) is 2. The van der Waals surface area contributed by atoms with Crippen molar-refractivity contribution in [3.05, 3.63) is 23.9 Å². The van der Waals surface area contributed by atoms with Gasteiger partial charge in [0.05, 0.1) is 0 Å². The molecule has 1 atom stereocenters. The topological polar surface area (TPSA) is 42.1 Å². The minimum atomic E-state index is 0.269. The first kappa shape index (κ1) is 10.4. The Morgan fingerprint density at radius 1 is 1.53 bits per heavy atom. The van der Waals surface area contributed by atoms with Gasteiger partial charge in [0.15, 0.2) is 0 Å². The van der Waals surface area contributed by atoms with Crippen molar-refractivity contribution in [3.8, 4) is 0 Å². The van der Waals surface area contributed by atoms with Crippen molar-refractivity contribution >= 4 is 5.82 Å². The van der Waals surface area contributed by atoms with E-state index in [-0.39, 0.29) is 5.41 Å². The van der Waals surface area contributed by atoms with Gasteiger partial charge in [-0.05, 0) is 37.4 Å².